The maximum absolute atomic E-state index is 11.5. The number of pyridine rings is 1. The van der Waals surface area contributed by atoms with Crippen molar-refractivity contribution in [2.24, 2.45) is 0 Å². The average Bonchev–Trinajstić information content (AvgIpc) is 2.29. The summed E-state index contributed by atoms with van der Waals surface area (Å²) in [7, 11) is 0. The van der Waals surface area contributed by atoms with Crippen LogP contribution in [0.1, 0.15) is 37.4 Å². The number of nitriles is 1. The second-order valence-corrected chi connectivity index (χ2v) is 3.90. The largest absolute Gasteiger partial charge is 0.323 e. The molecule has 4 nitrogen and oxygen atoms in total. The van der Waals surface area contributed by atoms with Gasteiger partial charge in [-0.3, -0.25) is 9.78 Å². The number of amides is 1. The quantitative estimate of drug-likeness (QED) is 0.863. The zero-order chi connectivity index (χ0) is 12.8. The summed E-state index contributed by atoms with van der Waals surface area (Å²) in [4.78, 5) is 15.7. The van der Waals surface area contributed by atoms with Crippen LogP contribution in [-0.4, -0.2) is 10.9 Å². The number of nitrogens with zero attached hydrogens (tertiary/aromatic N) is 2. The number of anilines is 1. The van der Waals surface area contributed by atoms with Crippen molar-refractivity contribution in [2.75, 3.05) is 5.32 Å². The lowest BCUT2D eigenvalue weighted by Crippen LogP contribution is -2.14. The van der Waals surface area contributed by atoms with Crippen LogP contribution in [0.25, 0.3) is 6.08 Å². The van der Waals surface area contributed by atoms with E-state index in [1.807, 2.05) is 19.9 Å². The van der Waals surface area contributed by atoms with Gasteiger partial charge in [0.25, 0.3) is 0 Å². The lowest BCUT2D eigenvalue weighted by molar-refractivity contribution is -0.115. The number of carbonyl (C=O) groups excluding carboxylic acids is 1. The van der Waals surface area contributed by atoms with Gasteiger partial charge in [-0.1, -0.05) is 26.5 Å². The second kappa shape index (κ2) is 5.80. The minimum Gasteiger partial charge on any atom is -0.323 e. The zero-order valence-corrected chi connectivity index (χ0v) is 10.0. The molecule has 0 fully saturated rings. The van der Waals surface area contributed by atoms with E-state index in [0.29, 0.717) is 5.69 Å². The van der Waals surface area contributed by atoms with Gasteiger partial charge in [-0.2, -0.15) is 5.26 Å². The Labute approximate surface area is 101 Å². The van der Waals surface area contributed by atoms with Gasteiger partial charge < -0.3 is 5.32 Å². The van der Waals surface area contributed by atoms with Crippen LogP contribution in [0.4, 0.5) is 5.69 Å². The van der Waals surface area contributed by atoms with Gasteiger partial charge in [0.1, 0.15) is 6.42 Å². The topological polar surface area (TPSA) is 65.8 Å². The third-order valence-electron chi connectivity index (χ3n) is 2.28. The van der Waals surface area contributed by atoms with E-state index in [1.54, 1.807) is 18.3 Å². The normalized spacial score (nSPS) is 9.76. The van der Waals surface area contributed by atoms with Crippen molar-refractivity contribution in [3.63, 3.8) is 0 Å². The summed E-state index contributed by atoms with van der Waals surface area (Å²) in [5.74, 6) is -0.141. The predicted octanol–water partition coefficient (Wildman–Crippen LogP) is 2.70. The molecule has 88 valence electrons. The molecule has 0 radical (unpaired) electrons. The van der Waals surface area contributed by atoms with Crippen LogP contribution in [0.3, 0.4) is 0 Å². The molecule has 1 heterocycles. The Morgan fingerprint density at radius 1 is 1.71 bits per heavy atom. The summed E-state index contributed by atoms with van der Waals surface area (Å²) in [6.07, 6.45) is 3.19. The summed E-state index contributed by atoms with van der Waals surface area (Å²) in [5, 5.41) is 11.2. The molecule has 0 aliphatic rings. The fourth-order valence-corrected chi connectivity index (χ4v) is 1.49. The Kier molecular flexibility index (Phi) is 4.41. The highest BCUT2D eigenvalue weighted by Gasteiger charge is 2.13. The standard InChI is InChI=1S/C13H15N3O/c1-4-10-6-8-15-12(9(2)3)13(10)16-11(17)5-7-14/h4,6,8-9H,1,5H2,2-3H3,(H,16,17). The fraction of sp³-hybridized carbons (Fsp3) is 0.308. The van der Waals surface area contributed by atoms with Crippen molar-refractivity contribution >= 4 is 17.7 Å². The van der Waals surface area contributed by atoms with E-state index in [4.69, 9.17) is 5.26 Å². The Morgan fingerprint density at radius 3 is 2.94 bits per heavy atom. The van der Waals surface area contributed by atoms with Crippen molar-refractivity contribution in [1.29, 1.82) is 5.26 Å². The van der Waals surface area contributed by atoms with Crippen molar-refractivity contribution in [3.05, 3.63) is 30.1 Å². The van der Waals surface area contributed by atoms with Gasteiger partial charge >= 0.3 is 0 Å². The number of hydrogen-bond acceptors (Lipinski definition) is 3. The molecule has 0 aromatic carbocycles. The lowest BCUT2D eigenvalue weighted by Gasteiger charge is -2.14. The van der Waals surface area contributed by atoms with E-state index >= 15 is 0 Å². The summed E-state index contributed by atoms with van der Waals surface area (Å²) in [6.45, 7) is 7.69. The summed E-state index contributed by atoms with van der Waals surface area (Å²) in [5.41, 5.74) is 2.27. The van der Waals surface area contributed by atoms with Crippen LogP contribution in [0.5, 0.6) is 0 Å². The second-order valence-electron chi connectivity index (χ2n) is 3.90. The third kappa shape index (κ3) is 3.15. The van der Waals surface area contributed by atoms with Gasteiger partial charge in [-0.05, 0) is 12.0 Å². The summed E-state index contributed by atoms with van der Waals surface area (Å²) >= 11 is 0. The molecule has 0 spiro atoms. The van der Waals surface area contributed by atoms with E-state index < -0.39 is 0 Å². The molecule has 1 rings (SSSR count). The first-order valence-electron chi connectivity index (χ1n) is 5.38. The smallest absolute Gasteiger partial charge is 0.238 e. The Bertz CT molecular complexity index is 472. The van der Waals surface area contributed by atoms with Crippen LogP contribution in [0, 0.1) is 11.3 Å². The number of rotatable bonds is 4. The molecule has 1 aromatic rings. The first-order valence-corrected chi connectivity index (χ1v) is 5.38. The van der Waals surface area contributed by atoms with Crippen molar-refractivity contribution < 1.29 is 4.79 Å². The van der Waals surface area contributed by atoms with E-state index in [0.717, 1.165) is 11.3 Å². The molecule has 0 aliphatic carbocycles. The van der Waals surface area contributed by atoms with Crippen LogP contribution in [-0.2, 0) is 4.79 Å². The molecule has 0 saturated heterocycles. The number of nitrogens with one attached hydrogen (secondary N) is 1. The molecule has 0 saturated carbocycles. The Balaban J connectivity index is 3.14. The predicted molar refractivity (Wildman–Crippen MR) is 67.3 cm³/mol. The lowest BCUT2D eigenvalue weighted by atomic mass is 10.0. The van der Waals surface area contributed by atoms with Crippen molar-refractivity contribution in [1.82, 2.24) is 4.98 Å². The molecule has 4 heteroatoms. The SMILES string of the molecule is C=Cc1ccnc(C(C)C)c1NC(=O)CC#N. The molecule has 1 amide bonds. The number of hydrogen-bond donors (Lipinski definition) is 1. The van der Waals surface area contributed by atoms with Crippen LogP contribution >= 0.6 is 0 Å². The van der Waals surface area contributed by atoms with E-state index in [9.17, 15) is 4.79 Å². The monoisotopic (exact) mass is 229 g/mol. The van der Waals surface area contributed by atoms with Gasteiger partial charge in [0.2, 0.25) is 5.91 Å². The summed E-state index contributed by atoms with van der Waals surface area (Å²) in [6, 6.07) is 3.59. The molecule has 0 unspecified atom stereocenters. The molecule has 1 N–H and O–H groups in total. The van der Waals surface area contributed by atoms with Gasteiger partial charge in [-0.15, -0.1) is 0 Å². The van der Waals surface area contributed by atoms with Crippen molar-refractivity contribution in [3.8, 4) is 6.07 Å². The van der Waals surface area contributed by atoms with Crippen LogP contribution in [0.15, 0.2) is 18.8 Å². The Hall–Kier alpha value is -2.15. The zero-order valence-electron chi connectivity index (χ0n) is 10.0. The van der Waals surface area contributed by atoms with Gasteiger partial charge in [0, 0.05) is 11.8 Å². The highest BCUT2D eigenvalue weighted by atomic mass is 16.1. The van der Waals surface area contributed by atoms with Gasteiger partial charge in [0.05, 0.1) is 17.5 Å². The average molecular weight is 229 g/mol. The molecular weight excluding hydrogens is 214 g/mol. The fourth-order valence-electron chi connectivity index (χ4n) is 1.49. The molecule has 0 bridgehead atoms. The summed E-state index contributed by atoms with van der Waals surface area (Å²) < 4.78 is 0. The maximum Gasteiger partial charge on any atom is 0.238 e. The van der Waals surface area contributed by atoms with E-state index in [2.05, 4.69) is 16.9 Å². The van der Waals surface area contributed by atoms with Gasteiger partial charge in [-0.25, -0.2) is 0 Å². The highest BCUT2D eigenvalue weighted by molar-refractivity contribution is 5.94. The number of carbonyl (C=O) groups is 1. The first-order chi connectivity index (χ1) is 8.10. The maximum atomic E-state index is 11.5. The van der Waals surface area contributed by atoms with Crippen LogP contribution in [0.2, 0.25) is 0 Å². The highest BCUT2D eigenvalue weighted by Crippen LogP contribution is 2.26. The molecule has 1 aromatic heterocycles. The molecule has 17 heavy (non-hydrogen) atoms. The third-order valence-corrected chi connectivity index (χ3v) is 2.28. The molecular formula is C13H15N3O. The number of aromatic nitrogens is 1. The van der Waals surface area contributed by atoms with E-state index in [-0.39, 0.29) is 18.2 Å². The molecule has 0 aliphatic heterocycles. The van der Waals surface area contributed by atoms with Gasteiger partial charge in [0.15, 0.2) is 0 Å². The van der Waals surface area contributed by atoms with E-state index in [1.165, 1.54) is 0 Å². The molecule has 0 atom stereocenters. The minimum absolute atomic E-state index is 0.164. The first kappa shape index (κ1) is 12.9. The minimum atomic E-state index is -0.328. The Morgan fingerprint density at radius 2 is 2.41 bits per heavy atom. The van der Waals surface area contributed by atoms with Crippen LogP contribution < -0.4 is 5.32 Å². The van der Waals surface area contributed by atoms with Crippen molar-refractivity contribution in [2.45, 2.75) is 26.2 Å².